The zero-order valence-electron chi connectivity index (χ0n) is 18.7. The number of hydrogen-bond donors (Lipinski definition) is 3. The molecule has 3 aromatic rings. The van der Waals surface area contributed by atoms with Crippen molar-refractivity contribution in [2.75, 3.05) is 10.6 Å². The second-order valence-electron chi connectivity index (χ2n) is 9.55. The SMILES string of the molecule is Cc1cc(Nc2nc(NC3CC4CCC(C3)N4C(=O)OC(C)(C)C)nc3scnc23)n[nH]1. The molecule has 10 nitrogen and oxygen atoms in total. The Labute approximate surface area is 190 Å². The second-order valence-corrected chi connectivity index (χ2v) is 10.4. The van der Waals surface area contributed by atoms with Crippen molar-refractivity contribution in [3.05, 3.63) is 17.3 Å². The molecule has 3 aromatic heterocycles. The molecule has 0 aliphatic carbocycles. The molecule has 0 spiro atoms. The van der Waals surface area contributed by atoms with Crippen LogP contribution in [0.4, 0.5) is 22.4 Å². The van der Waals surface area contributed by atoms with Gasteiger partial charge in [-0.25, -0.2) is 14.8 Å². The first-order valence-corrected chi connectivity index (χ1v) is 11.8. The minimum atomic E-state index is -0.486. The molecule has 0 radical (unpaired) electrons. The first-order valence-electron chi connectivity index (χ1n) is 10.9. The zero-order chi connectivity index (χ0) is 22.5. The van der Waals surface area contributed by atoms with Gasteiger partial charge in [-0.3, -0.25) is 5.10 Å². The number of hydrogen-bond acceptors (Lipinski definition) is 9. The monoisotopic (exact) mass is 456 g/mol. The Balaban J connectivity index is 1.32. The number of aryl methyl sites for hydroxylation is 1. The molecule has 2 aliphatic heterocycles. The number of aromatic nitrogens is 5. The lowest BCUT2D eigenvalue weighted by atomic mass is 9.98. The van der Waals surface area contributed by atoms with Gasteiger partial charge in [0.05, 0.1) is 5.51 Å². The lowest BCUT2D eigenvalue weighted by Crippen LogP contribution is -2.51. The van der Waals surface area contributed by atoms with Crippen molar-refractivity contribution >= 4 is 45.4 Å². The van der Waals surface area contributed by atoms with Crippen molar-refractivity contribution in [3.8, 4) is 0 Å². The molecule has 2 atom stereocenters. The fourth-order valence-electron chi connectivity index (χ4n) is 4.61. The maximum atomic E-state index is 12.7. The highest BCUT2D eigenvalue weighted by atomic mass is 32.1. The lowest BCUT2D eigenvalue weighted by Gasteiger charge is -2.39. The molecule has 0 saturated carbocycles. The first-order chi connectivity index (χ1) is 15.2. The number of nitrogens with zero attached hydrogens (tertiary/aromatic N) is 5. The van der Waals surface area contributed by atoms with Crippen LogP contribution >= 0.6 is 11.3 Å². The minimum Gasteiger partial charge on any atom is -0.444 e. The molecule has 5 heterocycles. The van der Waals surface area contributed by atoms with E-state index in [1.165, 1.54) is 11.3 Å². The third-order valence-corrected chi connectivity index (χ3v) is 6.54. The van der Waals surface area contributed by atoms with Gasteiger partial charge in [0, 0.05) is 29.9 Å². The van der Waals surface area contributed by atoms with Crippen LogP contribution in [0.15, 0.2) is 11.6 Å². The van der Waals surface area contributed by atoms with E-state index in [9.17, 15) is 4.79 Å². The van der Waals surface area contributed by atoms with Gasteiger partial charge in [0.1, 0.15) is 11.1 Å². The van der Waals surface area contributed by atoms with Gasteiger partial charge >= 0.3 is 6.09 Å². The molecule has 32 heavy (non-hydrogen) atoms. The summed E-state index contributed by atoms with van der Waals surface area (Å²) in [5, 5.41) is 13.9. The average molecular weight is 457 g/mol. The molecule has 2 saturated heterocycles. The van der Waals surface area contributed by atoms with Crippen LogP contribution < -0.4 is 10.6 Å². The Hall–Kier alpha value is -2.95. The van der Waals surface area contributed by atoms with Gasteiger partial charge in [-0.2, -0.15) is 10.1 Å². The highest BCUT2D eigenvalue weighted by Crippen LogP contribution is 2.38. The number of carbonyl (C=O) groups is 1. The van der Waals surface area contributed by atoms with Crippen molar-refractivity contribution in [2.24, 2.45) is 0 Å². The highest BCUT2D eigenvalue weighted by molar-refractivity contribution is 7.16. The van der Waals surface area contributed by atoms with E-state index >= 15 is 0 Å². The number of carbonyl (C=O) groups excluding carboxylic acids is 1. The van der Waals surface area contributed by atoms with Crippen molar-refractivity contribution in [2.45, 2.75) is 77.1 Å². The highest BCUT2D eigenvalue weighted by Gasteiger charge is 2.45. The number of nitrogens with one attached hydrogen (secondary N) is 3. The Bertz CT molecular complexity index is 1120. The molecule has 3 N–H and O–H groups in total. The summed E-state index contributed by atoms with van der Waals surface area (Å²) in [6.45, 7) is 7.67. The van der Waals surface area contributed by atoms with Crippen LogP contribution in [0.25, 0.3) is 10.3 Å². The summed E-state index contributed by atoms with van der Waals surface area (Å²) in [6, 6.07) is 2.46. The van der Waals surface area contributed by atoms with E-state index in [0.717, 1.165) is 41.7 Å². The van der Waals surface area contributed by atoms with Gasteiger partial charge in [-0.05, 0) is 53.4 Å². The number of rotatable bonds is 4. The van der Waals surface area contributed by atoms with Crippen LogP contribution in [0.2, 0.25) is 0 Å². The topological polar surface area (TPSA) is 121 Å². The molecule has 0 aromatic carbocycles. The van der Waals surface area contributed by atoms with Crippen LogP contribution in [0.5, 0.6) is 0 Å². The number of H-pyrrole nitrogens is 1. The fraction of sp³-hybridized carbons (Fsp3) is 0.571. The maximum Gasteiger partial charge on any atom is 0.410 e. The number of amides is 1. The van der Waals surface area contributed by atoms with Gasteiger partial charge in [-0.1, -0.05) is 0 Å². The average Bonchev–Trinajstić information content (AvgIpc) is 3.39. The molecule has 1 amide bonds. The van der Waals surface area contributed by atoms with E-state index in [1.54, 1.807) is 5.51 Å². The Morgan fingerprint density at radius 3 is 2.66 bits per heavy atom. The van der Waals surface area contributed by atoms with Gasteiger partial charge in [-0.15, -0.1) is 11.3 Å². The molecular formula is C21H28N8O2S. The first kappa shape index (κ1) is 20.9. The van der Waals surface area contributed by atoms with Gasteiger partial charge in [0.15, 0.2) is 16.5 Å². The third-order valence-electron chi connectivity index (χ3n) is 5.82. The van der Waals surface area contributed by atoms with Gasteiger partial charge in [0.2, 0.25) is 5.95 Å². The van der Waals surface area contributed by atoms with Crippen LogP contribution in [0, 0.1) is 6.92 Å². The van der Waals surface area contributed by atoms with Crippen molar-refractivity contribution in [1.82, 2.24) is 30.0 Å². The van der Waals surface area contributed by atoms with Crippen LogP contribution in [0.3, 0.4) is 0 Å². The van der Waals surface area contributed by atoms with E-state index < -0.39 is 5.60 Å². The molecule has 2 fully saturated rings. The zero-order valence-corrected chi connectivity index (χ0v) is 19.5. The smallest absolute Gasteiger partial charge is 0.410 e. The number of piperidine rings is 1. The quantitative estimate of drug-likeness (QED) is 0.534. The molecule has 2 aliphatic rings. The number of aromatic amines is 1. The van der Waals surface area contributed by atoms with E-state index in [2.05, 4.69) is 30.8 Å². The molecule has 2 bridgehead atoms. The Kier molecular flexibility index (Phi) is 5.15. The summed E-state index contributed by atoms with van der Waals surface area (Å²) in [4.78, 5) is 29.2. The summed E-state index contributed by atoms with van der Waals surface area (Å²) in [5.74, 6) is 1.87. The van der Waals surface area contributed by atoms with E-state index in [1.807, 2.05) is 38.7 Å². The molecule has 170 valence electrons. The number of fused-ring (bicyclic) bond motifs is 3. The molecule has 5 rings (SSSR count). The summed E-state index contributed by atoms with van der Waals surface area (Å²) in [7, 11) is 0. The largest absolute Gasteiger partial charge is 0.444 e. The molecule has 2 unspecified atom stereocenters. The Morgan fingerprint density at radius 1 is 1.25 bits per heavy atom. The lowest BCUT2D eigenvalue weighted by molar-refractivity contribution is 0.00682. The van der Waals surface area contributed by atoms with Crippen LogP contribution in [-0.4, -0.2) is 59.9 Å². The second kappa shape index (κ2) is 7.88. The van der Waals surface area contributed by atoms with Gasteiger partial charge in [0.25, 0.3) is 0 Å². The van der Waals surface area contributed by atoms with Crippen molar-refractivity contribution in [3.63, 3.8) is 0 Å². The van der Waals surface area contributed by atoms with Crippen LogP contribution in [-0.2, 0) is 4.74 Å². The fourth-order valence-corrected chi connectivity index (χ4v) is 5.27. The normalized spacial score (nSPS) is 22.9. The third kappa shape index (κ3) is 4.21. The summed E-state index contributed by atoms with van der Waals surface area (Å²) in [6.07, 6.45) is 3.50. The van der Waals surface area contributed by atoms with Crippen LogP contribution in [0.1, 0.15) is 52.1 Å². The van der Waals surface area contributed by atoms with Gasteiger partial charge < -0.3 is 20.3 Å². The standard InChI is InChI=1S/C21H28N8O2S/c1-11-7-15(28-27-11)24-17-16-18(32-10-22-16)26-19(25-17)23-12-8-13-5-6-14(9-12)29(13)20(30)31-21(2,3)4/h7,10,12-14H,5-6,8-9H2,1-4H3,(H3,23,24,25,26,27,28). The number of anilines is 3. The molecular weight excluding hydrogens is 428 g/mol. The summed E-state index contributed by atoms with van der Waals surface area (Å²) >= 11 is 1.48. The summed E-state index contributed by atoms with van der Waals surface area (Å²) < 4.78 is 5.64. The van der Waals surface area contributed by atoms with E-state index in [4.69, 9.17) is 9.72 Å². The maximum absolute atomic E-state index is 12.7. The number of thiazole rings is 1. The number of ether oxygens (including phenoxy) is 1. The Morgan fingerprint density at radius 2 is 2.00 bits per heavy atom. The van der Waals surface area contributed by atoms with Crippen molar-refractivity contribution < 1.29 is 9.53 Å². The predicted molar refractivity (Wildman–Crippen MR) is 123 cm³/mol. The molecule has 11 heteroatoms. The van der Waals surface area contributed by atoms with E-state index in [0.29, 0.717) is 17.6 Å². The minimum absolute atomic E-state index is 0.179. The summed E-state index contributed by atoms with van der Waals surface area (Å²) in [5.41, 5.74) is 2.96. The van der Waals surface area contributed by atoms with Crippen molar-refractivity contribution in [1.29, 1.82) is 0 Å². The van der Waals surface area contributed by atoms with E-state index in [-0.39, 0.29) is 24.2 Å². The predicted octanol–water partition coefficient (Wildman–Crippen LogP) is 4.20.